The minimum Gasteiger partial charge on any atom is -0.449 e. The number of anilines is 1. The van der Waals surface area contributed by atoms with E-state index in [1.807, 2.05) is 39.0 Å². The van der Waals surface area contributed by atoms with Crippen molar-refractivity contribution in [2.75, 3.05) is 11.9 Å². The van der Waals surface area contributed by atoms with Gasteiger partial charge in [0.15, 0.2) is 0 Å². The summed E-state index contributed by atoms with van der Waals surface area (Å²) in [6.45, 7) is 5.99. The molecule has 5 heteroatoms. The molecule has 1 aromatic carbocycles. The number of rotatable bonds is 3. The summed E-state index contributed by atoms with van der Waals surface area (Å²) in [4.78, 5) is 22.9. The molecule has 0 atom stereocenters. The van der Waals surface area contributed by atoms with E-state index < -0.39 is 6.09 Å². The Kier molecular flexibility index (Phi) is 3.97. The Morgan fingerprint density at radius 2 is 2.15 bits per heavy atom. The van der Waals surface area contributed by atoms with Gasteiger partial charge in [0.05, 0.1) is 13.0 Å². The van der Waals surface area contributed by atoms with Crippen LogP contribution in [-0.4, -0.2) is 24.1 Å². The Bertz CT molecular complexity index is 532. The number of hydrogen-bond donors (Lipinski definition) is 2. The lowest BCUT2D eigenvalue weighted by atomic mass is 10.0. The first-order valence-corrected chi connectivity index (χ1v) is 6.71. The van der Waals surface area contributed by atoms with Crippen molar-refractivity contribution in [3.05, 3.63) is 29.3 Å². The van der Waals surface area contributed by atoms with E-state index in [0.717, 1.165) is 16.8 Å². The van der Waals surface area contributed by atoms with E-state index in [9.17, 15) is 9.59 Å². The van der Waals surface area contributed by atoms with Crippen LogP contribution >= 0.6 is 0 Å². The van der Waals surface area contributed by atoms with Gasteiger partial charge >= 0.3 is 6.09 Å². The highest BCUT2D eigenvalue weighted by atomic mass is 16.5. The van der Waals surface area contributed by atoms with Crippen LogP contribution in [-0.2, 0) is 22.4 Å². The molecule has 0 saturated heterocycles. The maximum absolute atomic E-state index is 11.5. The number of carbonyl (C=O) groups is 2. The fourth-order valence-electron chi connectivity index (χ4n) is 2.15. The number of ether oxygens (including phenoxy) is 1. The Balaban J connectivity index is 1.88. The molecule has 0 unspecified atom stereocenters. The van der Waals surface area contributed by atoms with Crippen molar-refractivity contribution < 1.29 is 14.3 Å². The van der Waals surface area contributed by atoms with Gasteiger partial charge in [-0.15, -0.1) is 0 Å². The van der Waals surface area contributed by atoms with Gasteiger partial charge in [-0.25, -0.2) is 4.79 Å². The zero-order valence-electron chi connectivity index (χ0n) is 12.1. The zero-order valence-corrected chi connectivity index (χ0v) is 12.1. The molecule has 2 N–H and O–H groups in total. The molecule has 0 saturated carbocycles. The predicted octanol–water partition coefficient (Wildman–Crippen LogP) is 2.25. The summed E-state index contributed by atoms with van der Waals surface area (Å²) >= 11 is 0. The van der Waals surface area contributed by atoms with Crippen LogP contribution in [0.3, 0.4) is 0 Å². The van der Waals surface area contributed by atoms with E-state index in [4.69, 9.17) is 4.74 Å². The van der Waals surface area contributed by atoms with E-state index in [-0.39, 0.29) is 11.4 Å². The average Bonchev–Trinajstić information content (AvgIpc) is 2.67. The van der Waals surface area contributed by atoms with Crippen LogP contribution in [0, 0.1) is 0 Å². The molecular weight excluding hydrogens is 256 g/mol. The number of hydrogen-bond acceptors (Lipinski definition) is 3. The fourth-order valence-corrected chi connectivity index (χ4v) is 2.15. The molecule has 0 bridgehead atoms. The first kappa shape index (κ1) is 14.4. The summed E-state index contributed by atoms with van der Waals surface area (Å²) in [6, 6.07) is 5.75. The van der Waals surface area contributed by atoms with E-state index in [1.54, 1.807) is 0 Å². The highest BCUT2D eigenvalue weighted by molar-refractivity contribution is 5.99. The Morgan fingerprint density at radius 1 is 1.40 bits per heavy atom. The number of amides is 2. The lowest BCUT2D eigenvalue weighted by Crippen LogP contribution is -2.41. The van der Waals surface area contributed by atoms with Gasteiger partial charge in [-0.05, 0) is 38.0 Å². The van der Waals surface area contributed by atoms with Crippen LogP contribution in [0.5, 0.6) is 0 Å². The van der Waals surface area contributed by atoms with Gasteiger partial charge in [0.25, 0.3) is 0 Å². The fraction of sp³-hybridized carbons (Fsp3) is 0.467. The third-order valence-electron chi connectivity index (χ3n) is 2.97. The number of fused-ring (bicyclic) bond motifs is 1. The van der Waals surface area contributed by atoms with Gasteiger partial charge in [-0.2, -0.15) is 0 Å². The summed E-state index contributed by atoms with van der Waals surface area (Å²) in [7, 11) is 0. The molecule has 0 aromatic heterocycles. The van der Waals surface area contributed by atoms with Crippen molar-refractivity contribution in [3.8, 4) is 0 Å². The normalized spacial score (nSPS) is 13.7. The lowest BCUT2D eigenvalue weighted by Gasteiger charge is -2.20. The van der Waals surface area contributed by atoms with Crippen molar-refractivity contribution in [3.63, 3.8) is 0 Å². The standard InChI is InChI=1S/C15H20N2O3/c1-15(2,3)17-14(19)20-8-7-10-5-4-6-12-11(10)9-13(18)16-12/h4-6H,7-9H2,1-3H3,(H,16,18)(H,17,19). The summed E-state index contributed by atoms with van der Waals surface area (Å²) in [5, 5.41) is 5.55. The van der Waals surface area contributed by atoms with Crippen molar-refractivity contribution >= 4 is 17.7 Å². The monoisotopic (exact) mass is 276 g/mol. The van der Waals surface area contributed by atoms with E-state index in [2.05, 4.69) is 10.6 Å². The van der Waals surface area contributed by atoms with Gasteiger partial charge in [0, 0.05) is 17.6 Å². The van der Waals surface area contributed by atoms with Gasteiger partial charge in [-0.3, -0.25) is 4.79 Å². The third-order valence-corrected chi connectivity index (χ3v) is 2.97. The molecule has 1 aliphatic rings. The highest BCUT2D eigenvalue weighted by Crippen LogP contribution is 2.26. The Hall–Kier alpha value is -2.04. The second-order valence-electron chi connectivity index (χ2n) is 5.93. The summed E-state index contributed by atoms with van der Waals surface area (Å²) in [5.74, 6) is 0.0128. The van der Waals surface area contributed by atoms with Gasteiger partial charge in [-0.1, -0.05) is 12.1 Å². The van der Waals surface area contributed by atoms with Gasteiger partial charge < -0.3 is 15.4 Å². The van der Waals surface area contributed by atoms with Crippen LogP contribution < -0.4 is 10.6 Å². The molecule has 0 radical (unpaired) electrons. The second-order valence-corrected chi connectivity index (χ2v) is 5.93. The molecule has 2 amide bonds. The van der Waals surface area contributed by atoms with E-state index >= 15 is 0 Å². The lowest BCUT2D eigenvalue weighted by molar-refractivity contribution is -0.115. The molecule has 20 heavy (non-hydrogen) atoms. The highest BCUT2D eigenvalue weighted by Gasteiger charge is 2.20. The predicted molar refractivity (Wildman–Crippen MR) is 76.7 cm³/mol. The van der Waals surface area contributed by atoms with Crippen molar-refractivity contribution in [1.82, 2.24) is 5.32 Å². The SMILES string of the molecule is CC(C)(C)NC(=O)OCCc1cccc2c1CC(=O)N2. The van der Waals surface area contributed by atoms with Crippen LogP contribution in [0.15, 0.2) is 18.2 Å². The topological polar surface area (TPSA) is 67.4 Å². The van der Waals surface area contributed by atoms with Gasteiger partial charge in [0.1, 0.15) is 0 Å². The van der Waals surface area contributed by atoms with Crippen molar-refractivity contribution in [1.29, 1.82) is 0 Å². The smallest absolute Gasteiger partial charge is 0.407 e. The first-order chi connectivity index (χ1) is 9.35. The molecule has 0 aliphatic carbocycles. The summed E-state index contributed by atoms with van der Waals surface area (Å²) in [5.41, 5.74) is 2.62. The van der Waals surface area contributed by atoms with Gasteiger partial charge in [0.2, 0.25) is 5.91 Å². The maximum Gasteiger partial charge on any atom is 0.407 e. The van der Waals surface area contributed by atoms with Crippen LogP contribution in [0.25, 0.3) is 0 Å². The minimum absolute atomic E-state index is 0.0128. The average molecular weight is 276 g/mol. The molecule has 0 spiro atoms. The number of benzene rings is 1. The van der Waals surface area contributed by atoms with E-state index in [1.165, 1.54) is 0 Å². The second kappa shape index (κ2) is 5.53. The van der Waals surface area contributed by atoms with Crippen molar-refractivity contribution in [2.45, 2.75) is 39.2 Å². The first-order valence-electron chi connectivity index (χ1n) is 6.71. The minimum atomic E-state index is -0.417. The summed E-state index contributed by atoms with van der Waals surface area (Å²) in [6.07, 6.45) is 0.592. The zero-order chi connectivity index (χ0) is 14.8. The van der Waals surface area contributed by atoms with Crippen LogP contribution in [0.4, 0.5) is 10.5 Å². The molecule has 0 fully saturated rings. The third kappa shape index (κ3) is 3.73. The summed E-state index contributed by atoms with van der Waals surface area (Å²) < 4.78 is 5.15. The number of alkyl carbamates (subject to hydrolysis) is 1. The molecular formula is C15H20N2O3. The van der Waals surface area contributed by atoms with Crippen LogP contribution in [0.1, 0.15) is 31.9 Å². The Labute approximate surface area is 118 Å². The van der Waals surface area contributed by atoms with Crippen LogP contribution in [0.2, 0.25) is 0 Å². The number of nitrogens with one attached hydrogen (secondary N) is 2. The molecule has 2 rings (SSSR count). The van der Waals surface area contributed by atoms with Crippen molar-refractivity contribution in [2.24, 2.45) is 0 Å². The molecule has 5 nitrogen and oxygen atoms in total. The molecule has 108 valence electrons. The molecule has 1 heterocycles. The molecule has 1 aromatic rings. The maximum atomic E-state index is 11.5. The van der Waals surface area contributed by atoms with E-state index in [0.29, 0.717) is 19.4 Å². The Morgan fingerprint density at radius 3 is 2.85 bits per heavy atom. The molecule has 1 aliphatic heterocycles. The number of carbonyl (C=O) groups excluding carboxylic acids is 2. The quantitative estimate of drug-likeness (QED) is 0.889. The largest absolute Gasteiger partial charge is 0.449 e.